The first-order chi connectivity index (χ1) is 7.11. The van der Waals surface area contributed by atoms with Gasteiger partial charge >= 0.3 is 0 Å². The van der Waals surface area contributed by atoms with Gasteiger partial charge in [-0.3, -0.25) is 0 Å². The molecule has 15 heavy (non-hydrogen) atoms. The summed E-state index contributed by atoms with van der Waals surface area (Å²) in [5.41, 5.74) is 0.529. The van der Waals surface area contributed by atoms with Crippen LogP contribution in [0.25, 0.3) is 0 Å². The summed E-state index contributed by atoms with van der Waals surface area (Å²) in [4.78, 5) is 1.51. The molecule has 84 valence electrons. The molecule has 3 heteroatoms. The lowest BCUT2D eigenvalue weighted by Crippen LogP contribution is -2.55. The average Bonchev–Trinajstić information content (AvgIpc) is 2.47. The normalized spacial score (nSPS) is 19.2. The molecule has 0 saturated carbocycles. The van der Waals surface area contributed by atoms with Gasteiger partial charge in [0.1, 0.15) is 0 Å². The molecule has 1 nitrogen and oxygen atoms in total. The molecule has 1 N–H and O–H groups in total. The number of thiophene rings is 1. The van der Waals surface area contributed by atoms with E-state index in [4.69, 9.17) is 0 Å². The SMILES string of the molecule is CC(C)CC1(Cc2sccc2Br)CNC1. The summed E-state index contributed by atoms with van der Waals surface area (Å²) in [5.74, 6) is 0.797. The van der Waals surface area contributed by atoms with Gasteiger partial charge in [0.2, 0.25) is 0 Å². The first-order valence-electron chi connectivity index (χ1n) is 5.54. The van der Waals surface area contributed by atoms with Crippen molar-refractivity contribution in [1.82, 2.24) is 5.32 Å². The number of hydrogen-bond acceptors (Lipinski definition) is 2. The Bertz CT molecular complexity index is 328. The molecular formula is C12H18BrNS. The second-order valence-electron chi connectivity index (χ2n) is 5.07. The first-order valence-corrected chi connectivity index (χ1v) is 7.21. The van der Waals surface area contributed by atoms with Crippen LogP contribution < -0.4 is 5.32 Å². The van der Waals surface area contributed by atoms with E-state index in [1.165, 1.54) is 35.3 Å². The van der Waals surface area contributed by atoms with E-state index in [9.17, 15) is 0 Å². The van der Waals surface area contributed by atoms with Crippen molar-refractivity contribution >= 4 is 27.3 Å². The highest BCUT2D eigenvalue weighted by Crippen LogP contribution is 2.38. The lowest BCUT2D eigenvalue weighted by Gasteiger charge is -2.44. The van der Waals surface area contributed by atoms with Crippen molar-refractivity contribution < 1.29 is 0 Å². The third kappa shape index (κ3) is 2.63. The molecule has 1 fully saturated rings. The van der Waals surface area contributed by atoms with Crippen LogP contribution in [-0.4, -0.2) is 13.1 Å². The van der Waals surface area contributed by atoms with Gasteiger partial charge in [-0.25, -0.2) is 0 Å². The van der Waals surface area contributed by atoms with Crippen LogP contribution in [0.3, 0.4) is 0 Å². The molecule has 0 bridgehead atoms. The Kier molecular flexibility index (Phi) is 3.53. The molecule has 0 radical (unpaired) electrons. The first kappa shape index (κ1) is 11.6. The van der Waals surface area contributed by atoms with E-state index in [0.717, 1.165) is 5.92 Å². The number of hydrogen-bond donors (Lipinski definition) is 1. The Hall–Kier alpha value is 0.140. The maximum atomic E-state index is 3.63. The van der Waals surface area contributed by atoms with Gasteiger partial charge in [-0.2, -0.15) is 0 Å². The van der Waals surface area contributed by atoms with Crippen molar-refractivity contribution in [2.75, 3.05) is 13.1 Å². The quantitative estimate of drug-likeness (QED) is 0.891. The lowest BCUT2D eigenvalue weighted by molar-refractivity contribution is 0.132. The van der Waals surface area contributed by atoms with Crippen LogP contribution in [0.15, 0.2) is 15.9 Å². The maximum Gasteiger partial charge on any atom is 0.0314 e. The van der Waals surface area contributed by atoms with Crippen LogP contribution in [0.4, 0.5) is 0 Å². The summed E-state index contributed by atoms with van der Waals surface area (Å²) < 4.78 is 1.29. The average molecular weight is 288 g/mol. The summed E-state index contributed by atoms with van der Waals surface area (Å²) in [6.07, 6.45) is 2.57. The predicted molar refractivity (Wildman–Crippen MR) is 70.5 cm³/mol. The molecule has 2 heterocycles. The largest absolute Gasteiger partial charge is 0.316 e. The molecule has 1 saturated heterocycles. The van der Waals surface area contributed by atoms with Crippen molar-refractivity contribution in [3.05, 3.63) is 20.8 Å². The summed E-state index contributed by atoms with van der Waals surface area (Å²) >= 11 is 5.51. The van der Waals surface area contributed by atoms with Gasteiger partial charge in [-0.1, -0.05) is 13.8 Å². The third-order valence-corrected chi connectivity index (χ3v) is 4.99. The molecule has 0 atom stereocenters. The molecular weight excluding hydrogens is 270 g/mol. The van der Waals surface area contributed by atoms with Crippen LogP contribution in [0.5, 0.6) is 0 Å². The number of halogens is 1. The third-order valence-electron chi connectivity index (χ3n) is 3.07. The van der Waals surface area contributed by atoms with Gasteiger partial charge in [-0.05, 0) is 46.1 Å². The van der Waals surface area contributed by atoms with Gasteiger partial charge in [0, 0.05) is 27.9 Å². The molecule has 0 aromatic carbocycles. The molecule has 0 unspecified atom stereocenters. The summed E-state index contributed by atoms with van der Waals surface area (Å²) in [6, 6.07) is 2.16. The summed E-state index contributed by atoms with van der Waals surface area (Å²) in [7, 11) is 0. The van der Waals surface area contributed by atoms with Crippen LogP contribution in [0.2, 0.25) is 0 Å². The van der Waals surface area contributed by atoms with E-state index in [1.807, 2.05) is 11.3 Å². The minimum absolute atomic E-state index is 0.529. The molecule has 2 rings (SSSR count). The fourth-order valence-corrected chi connectivity index (χ4v) is 4.14. The lowest BCUT2D eigenvalue weighted by atomic mass is 9.72. The highest BCUT2D eigenvalue weighted by molar-refractivity contribution is 9.10. The van der Waals surface area contributed by atoms with Gasteiger partial charge in [0.15, 0.2) is 0 Å². The summed E-state index contributed by atoms with van der Waals surface area (Å²) in [5, 5.41) is 5.60. The van der Waals surface area contributed by atoms with Crippen molar-refractivity contribution in [3.63, 3.8) is 0 Å². The molecule has 1 aliphatic rings. The van der Waals surface area contributed by atoms with Crippen LogP contribution in [0, 0.1) is 11.3 Å². The van der Waals surface area contributed by atoms with Gasteiger partial charge in [0.25, 0.3) is 0 Å². The van der Waals surface area contributed by atoms with Crippen molar-refractivity contribution in [3.8, 4) is 0 Å². The van der Waals surface area contributed by atoms with Crippen LogP contribution >= 0.6 is 27.3 Å². The highest BCUT2D eigenvalue weighted by Gasteiger charge is 2.37. The zero-order chi connectivity index (χ0) is 10.9. The molecule has 0 amide bonds. The monoisotopic (exact) mass is 287 g/mol. The molecule has 1 aromatic heterocycles. The molecule has 1 aliphatic heterocycles. The van der Waals surface area contributed by atoms with E-state index < -0.39 is 0 Å². The van der Waals surface area contributed by atoms with Gasteiger partial charge in [0.05, 0.1) is 0 Å². The fraction of sp³-hybridized carbons (Fsp3) is 0.667. The predicted octanol–water partition coefficient (Wildman–Crippen LogP) is 3.69. The molecule has 0 spiro atoms. The Morgan fingerprint density at radius 1 is 1.53 bits per heavy atom. The zero-order valence-corrected chi connectivity index (χ0v) is 11.7. The Balaban J connectivity index is 2.05. The van der Waals surface area contributed by atoms with E-state index in [2.05, 4.69) is 46.5 Å². The number of nitrogens with one attached hydrogen (secondary N) is 1. The minimum atomic E-state index is 0.529. The highest BCUT2D eigenvalue weighted by atomic mass is 79.9. The molecule has 1 aromatic rings. The van der Waals surface area contributed by atoms with Crippen molar-refractivity contribution in [2.24, 2.45) is 11.3 Å². The van der Waals surface area contributed by atoms with Gasteiger partial charge in [-0.15, -0.1) is 11.3 Å². The molecule has 0 aliphatic carbocycles. The number of rotatable bonds is 4. The topological polar surface area (TPSA) is 12.0 Å². The van der Waals surface area contributed by atoms with Crippen molar-refractivity contribution in [2.45, 2.75) is 26.7 Å². The van der Waals surface area contributed by atoms with E-state index in [-0.39, 0.29) is 0 Å². The van der Waals surface area contributed by atoms with Crippen molar-refractivity contribution in [1.29, 1.82) is 0 Å². The van der Waals surface area contributed by atoms with E-state index >= 15 is 0 Å². The standard InChI is InChI=1S/C12H18BrNS/c1-9(2)5-12(7-14-8-12)6-11-10(13)3-4-15-11/h3-4,9,14H,5-8H2,1-2H3. The fourth-order valence-electron chi connectivity index (χ4n) is 2.48. The van der Waals surface area contributed by atoms with Crippen LogP contribution in [-0.2, 0) is 6.42 Å². The van der Waals surface area contributed by atoms with E-state index in [1.54, 1.807) is 0 Å². The summed E-state index contributed by atoms with van der Waals surface area (Å²) in [6.45, 7) is 7.03. The smallest absolute Gasteiger partial charge is 0.0314 e. The second-order valence-corrected chi connectivity index (χ2v) is 6.93. The Morgan fingerprint density at radius 3 is 2.67 bits per heavy atom. The van der Waals surface area contributed by atoms with Crippen LogP contribution in [0.1, 0.15) is 25.1 Å². The zero-order valence-electron chi connectivity index (χ0n) is 9.35. The second kappa shape index (κ2) is 4.56. The Labute approximate surface area is 104 Å². The van der Waals surface area contributed by atoms with Gasteiger partial charge < -0.3 is 5.32 Å². The maximum absolute atomic E-state index is 3.63. The van der Waals surface area contributed by atoms with E-state index in [0.29, 0.717) is 5.41 Å². The minimum Gasteiger partial charge on any atom is -0.316 e. The Morgan fingerprint density at radius 2 is 2.27 bits per heavy atom.